The summed E-state index contributed by atoms with van der Waals surface area (Å²) in [5.74, 6) is 0.693. The molecule has 2 atom stereocenters. The Kier molecular flexibility index (Phi) is 6.28. The highest BCUT2D eigenvalue weighted by atomic mass is 32.2. The molecular formula is C20H25N5O4S. The molecule has 0 fully saturated rings. The molecule has 10 heteroatoms. The summed E-state index contributed by atoms with van der Waals surface area (Å²) in [5, 5.41) is 16.8. The number of hydrogen-bond acceptors (Lipinski definition) is 8. The van der Waals surface area contributed by atoms with E-state index in [2.05, 4.69) is 19.4 Å². The molecule has 3 rings (SSSR count). The average molecular weight is 432 g/mol. The molecule has 3 aromatic rings. The second-order valence-electron chi connectivity index (χ2n) is 7.22. The van der Waals surface area contributed by atoms with E-state index in [-0.39, 0.29) is 40.6 Å². The van der Waals surface area contributed by atoms with Gasteiger partial charge in [-0.3, -0.25) is 4.79 Å². The van der Waals surface area contributed by atoms with Crippen LogP contribution in [0, 0.1) is 13.8 Å². The Morgan fingerprint density at radius 1 is 1.30 bits per heavy atom. The van der Waals surface area contributed by atoms with E-state index in [4.69, 9.17) is 4.42 Å². The van der Waals surface area contributed by atoms with Gasteiger partial charge in [0.05, 0.1) is 23.6 Å². The first-order valence-corrected chi connectivity index (χ1v) is 10.5. The number of furan rings is 1. The molecule has 0 spiro atoms. The highest BCUT2D eigenvalue weighted by Crippen LogP contribution is 2.36. The van der Waals surface area contributed by atoms with Gasteiger partial charge in [0.15, 0.2) is 16.9 Å². The molecule has 0 aliphatic heterocycles. The van der Waals surface area contributed by atoms with Gasteiger partial charge in [0.25, 0.3) is 5.91 Å². The van der Waals surface area contributed by atoms with Crippen LogP contribution in [0.4, 0.5) is 17.3 Å². The number of carbonyl (C=O) groups excluding carboxylic acids is 1. The van der Waals surface area contributed by atoms with E-state index in [0.717, 1.165) is 11.3 Å². The van der Waals surface area contributed by atoms with Crippen molar-refractivity contribution in [3.05, 3.63) is 46.9 Å². The molecule has 1 amide bonds. The van der Waals surface area contributed by atoms with E-state index in [1.807, 2.05) is 19.9 Å². The number of nitrogens with one attached hydrogen (secondary N) is 2. The number of aryl methyl sites for hydroxylation is 2. The zero-order valence-corrected chi connectivity index (χ0v) is 18.3. The first-order chi connectivity index (χ1) is 14.2. The zero-order valence-electron chi connectivity index (χ0n) is 17.5. The first kappa shape index (κ1) is 21.6. The van der Waals surface area contributed by atoms with Crippen molar-refractivity contribution in [1.82, 2.24) is 13.6 Å². The third-order valence-electron chi connectivity index (χ3n) is 4.64. The average Bonchev–Trinajstić information content (AvgIpc) is 3.27. The van der Waals surface area contributed by atoms with Gasteiger partial charge in [0.1, 0.15) is 5.76 Å². The van der Waals surface area contributed by atoms with Gasteiger partial charge in [-0.2, -0.15) is 0 Å². The molecule has 3 N–H and O–H groups in total. The Balaban J connectivity index is 1.92. The Hall–Kier alpha value is -3.11. The van der Waals surface area contributed by atoms with Gasteiger partial charge >= 0.3 is 0 Å². The number of aromatic nitrogens is 2. The maximum Gasteiger partial charge on any atom is 0.257 e. The summed E-state index contributed by atoms with van der Waals surface area (Å²) in [5.41, 5.74) is 2.09. The third-order valence-corrected chi connectivity index (χ3v) is 5.31. The number of benzene rings is 1. The summed E-state index contributed by atoms with van der Waals surface area (Å²) >= 11 is -1.80. The van der Waals surface area contributed by atoms with E-state index in [0.29, 0.717) is 12.0 Å². The molecule has 30 heavy (non-hydrogen) atoms. The fourth-order valence-electron chi connectivity index (χ4n) is 3.03. The molecule has 1 aromatic carbocycles. The van der Waals surface area contributed by atoms with Crippen LogP contribution in [-0.2, 0) is 0 Å². The van der Waals surface area contributed by atoms with Crippen LogP contribution in [0.25, 0.3) is 0 Å². The molecule has 1 unspecified atom stereocenters. The quantitative estimate of drug-likeness (QED) is 0.376. The lowest BCUT2D eigenvalue weighted by atomic mass is 10.0. The fraction of sp³-hybridized carbons (Fsp3) is 0.350. The minimum Gasteiger partial charge on any atom is -0.546 e. The van der Waals surface area contributed by atoms with Crippen LogP contribution in [-0.4, -0.2) is 43.3 Å². The van der Waals surface area contributed by atoms with Gasteiger partial charge in [0, 0.05) is 22.8 Å². The van der Waals surface area contributed by atoms with Crippen molar-refractivity contribution in [2.75, 3.05) is 24.7 Å². The van der Waals surface area contributed by atoms with Crippen molar-refractivity contribution in [3.63, 3.8) is 0 Å². The largest absolute Gasteiger partial charge is 0.546 e. The van der Waals surface area contributed by atoms with Crippen molar-refractivity contribution in [1.29, 1.82) is 0 Å². The van der Waals surface area contributed by atoms with Crippen LogP contribution in [0.1, 0.15) is 46.6 Å². The number of carbonyl (C=O) groups is 1. The molecule has 0 bridgehead atoms. The summed E-state index contributed by atoms with van der Waals surface area (Å²) in [7, 11) is 3.23. The molecule has 9 nitrogen and oxygen atoms in total. The molecule has 0 aliphatic rings. The van der Waals surface area contributed by atoms with Crippen molar-refractivity contribution >= 4 is 34.4 Å². The monoisotopic (exact) mass is 431 g/mol. The van der Waals surface area contributed by atoms with E-state index in [1.165, 1.54) is 4.90 Å². The number of aromatic hydroxyl groups is 1. The molecular weight excluding hydrogens is 406 g/mol. The molecule has 0 saturated carbocycles. The van der Waals surface area contributed by atoms with Crippen LogP contribution in [0.3, 0.4) is 0 Å². The van der Waals surface area contributed by atoms with Gasteiger partial charge < -0.3 is 29.6 Å². The van der Waals surface area contributed by atoms with E-state index in [1.54, 1.807) is 39.4 Å². The fourth-order valence-corrected chi connectivity index (χ4v) is 3.65. The normalized spacial score (nSPS) is 12.5. The number of nitrogens with zero attached hydrogens (tertiary/aromatic N) is 3. The van der Waals surface area contributed by atoms with Gasteiger partial charge in [-0.25, -0.2) is 0 Å². The van der Waals surface area contributed by atoms with Gasteiger partial charge in [-0.05, 0) is 43.5 Å². The van der Waals surface area contributed by atoms with E-state index in [9.17, 15) is 14.5 Å². The topological polar surface area (TPSA) is 127 Å². The SMILES string of the molecule is CC[C@@H](Nc1n[s+]([O-])nc1Nc1ccc(C)c(C(=O)N(C)C)c1O)c1cc(C)co1. The maximum absolute atomic E-state index is 12.4. The molecule has 2 heterocycles. The minimum atomic E-state index is -1.80. The maximum atomic E-state index is 12.4. The summed E-state index contributed by atoms with van der Waals surface area (Å²) in [4.78, 5) is 13.8. The van der Waals surface area contributed by atoms with Crippen molar-refractivity contribution in [3.8, 4) is 5.75 Å². The van der Waals surface area contributed by atoms with Crippen molar-refractivity contribution in [2.24, 2.45) is 0 Å². The number of amides is 1. The zero-order chi connectivity index (χ0) is 22.0. The Bertz CT molecular complexity index is 1060. The van der Waals surface area contributed by atoms with E-state index >= 15 is 0 Å². The van der Waals surface area contributed by atoms with Crippen molar-refractivity contribution in [2.45, 2.75) is 33.2 Å². The molecule has 0 aliphatic carbocycles. The minimum absolute atomic E-state index is 0.189. The van der Waals surface area contributed by atoms with Crippen LogP contribution in [0.15, 0.2) is 28.9 Å². The van der Waals surface area contributed by atoms with Gasteiger partial charge in [-0.15, -0.1) is 0 Å². The first-order valence-electron chi connectivity index (χ1n) is 9.43. The predicted molar refractivity (Wildman–Crippen MR) is 115 cm³/mol. The Labute approximate surface area is 177 Å². The lowest BCUT2D eigenvalue weighted by Crippen LogP contribution is -2.22. The molecule has 0 saturated heterocycles. The molecule has 160 valence electrons. The summed E-state index contributed by atoms with van der Waals surface area (Å²) in [6, 6.07) is 5.07. The predicted octanol–water partition coefficient (Wildman–Crippen LogP) is 4.13. The summed E-state index contributed by atoms with van der Waals surface area (Å²) in [6.45, 7) is 5.66. The van der Waals surface area contributed by atoms with Gasteiger partial charge in [0.2, 0.25) is 11.6 Å². The third kappa shape index (κ3) is 4.39. The van der Waals surface area contributed by atoms with Gasteiger partial charge in [-0.1, -0.05) is 13.0 Å². The Morgan fingerprint density at radius 2 is 2.00 bits per heavy atom. The van der Waals surface area contributed by atoms with E-state index < -0.39 is 11.1 Å². The number of hydrogen-bond donors (Lipinski definition) is 3. The number of phenolic OH excluding ortho intramolecular Hbond substituents is 1. The highest BCUT2D eigenvalue weighted by Gasteiger charge is 2.24. The smallest absolute Gasteiger partial charge is 0.257 e. The van der Waals surface area contributed by atoms with Crippen LogP contribution in [0.2, 0.25) is 0 Å². The summed E-state index contributed by atoms with van der Waals surface area (Å²) in [6.07, 6.45) is 2.36. The lowest BCUT2D eigenvalue weighted by molar-refractivity contribution is 0.0824. The van der Waals surface area contributed by atoms with Crippen LogP contribution < -0.4 is 10.6 Å². The second kappa shape index (κ2) is 8.72. The molecule has 2 aromatic heterocycles. The number of rotatable bonds is 7. The van der Waals surface area contributed by atoms with Crippen molar-refractivity contribution < 1.29 is 18.9 Å². The number of phenols is 1. The number of anilines is 3. The van der Waals surface area contributed by atoms with Crippen LogP contribution >= 0.6 is 11.1 Å². The highest BCUT2D eigenvalue weighted by molar-refractivity contribution is 7.14. The molecule has 0 radical (unpaired) electrons. The second-order valence-corrected chi connectivity index (χ2v) is 8.05. The summed E-state index contributed by atoms with van der Waals surface area (Å²) < 4.78 is 25.6. The lowest BCUT2D eigenvalue weighted by Gasteiger charge is -2.17. The van der Waals surface area contributed by atoms with Crippen LogP contribution in [0.5, 0.6) is 5.75 Å². The Morgan fingerprint density at radius 3 is 2.60 bits per heavy atom. The standard InChI is InChI=1S/C20H25N5O4S/c1-6-13(15-9-11(2)10-29-15)21-18-19(24-30(28)23-18)22-14-8-7-12(3)16(17(14)26)20(27)25(4)5/h7-10,13,26H,6H2,1-5H3,(H,21,23)(H,22,24)/t13-,30?/m1/s1.